The molecule has 0 aliphatic heterocycles. The molecule has 2 aromatic heterocycles. The molecule has 0 bridgehead atoms. The zero-order valence-electron chi connectivity index (χ0n) is 19.8. The zero-order chi connectivity index (χ0) is 24.6. The second kappa shape index (κ2) is 11.4. The molecule has 6 nitrogen and oxygen atoms in total. The second-order valence-electron chi connectivity index (χ2n) is 8.06. The normalized spacial score (nSPS) is 11.7. The van der Waals surface area contributed by atoms with E-state index in [1.165, 1.54) is 6.07 Å². The van der Waals surface area contributed by atoms with Gasteiger partial charge in [0.2, 0.25) is 0 Å². The van der Waals surface area contributed by atoms with Gasteiger partial charge in [-0.1, -0.05) is 55.5 Å². The van der Waals surface area contributed by atoms with Crippen LogP contribution in [0.25, 0.3) is 11.3 Å². The molecule has 7 heteroatoms. The number of rotatable bonds is 10. The van der Waals surface area contributed by atoms with Gasteiger partial charge in [-0.05, 0) is 30.7 Å². The quantitative estimate of drug-likeness (QED) is 0.302. The fourth-order valence-corrected chi connectivity index (χ4v) is 3.77. The number of aryl methyl sites for hydroxylation is 1. The lowest BCUT2D eigenvalue weighted by atomic mass is 10.1. The third kappa shape index (κ3) is 6.12. The van der Waals surface area contributed by atoms with Crippen LogP contribution in [-0.2, 0) is 28.8 Å². The van der Waals surface area contributed by atoms with Crippen molar-refractivity contribution in [3.8, 4) is 11.3 Å². The predicted molar refractivity (Wildman–Crippen MR) is 133 cm³/mol. The summed E-state index contributed by atoms with van der Waals surface area (Å²) in [7, 11) is 0. The van der Waals surface area contributed by atoms with Crippen LogP contribution in [0, 0.1) is 5.82 Å². The molecule has 35 heavy (non-hydrogen) atoms. The molecule has 0 fully saturated rings. The molecule has 1 unspecified atom stereocenters. The summed E-state index contributed by atoms with van der Waals surface area (Å²) < 4.78 is 25.6. The first-order chi connectivity index (χ1) is 17.1. The number of hydrogen-bond acceptors (Lipinski definition) is 6. The summed E-state index contributed by atoms with van der Waals surface area (Å²) in [5.41, 5.74) is 2.57. The Morgan fingerprint density at radius 2 is 1.77 bits per heavy atom. The molecule has 0 saturated carbocycles. The van der Waals surface area contributed by atoms with Crippen molar-refractivity contribution in [1.82, 2.24) is 9.97 Å². The molecule has 0 saturated heterocycles. The monoisotopic (exact) mass is 473 g/mol. The molecule has 2 heterocycles. The SMILES string of the molecule is CCOC(=O)C(Cc1ccc(CC)o1)Nc1ncc(-c2ccccc2)nc1Cc1ccccc1F. The highest BCUT2D eigenvalue weighted by molar-refractivity contribution is 5.79. The van der Waals surface area contributed by atoms with Crippen molar-refractivity contribution in [2.45, 2.75) is 39.2 Å². The van der Waals surface area contributed by atoms with Crippen molar-refractivity contribution in [2.75, 3.05) is 11.9 Å². The van der Waals surface area contributed by atoms with E-state index in [0.29, 0.717) is 28.5 Å². The van der Waals surface area contributed by atoms with Crippen LogP contribution in [0.1, 0.15) is 36.6 Å². The van der Waals surface area contributed by atoms with Crippen LogP contribution in [0.15, 0.2) is 77.3 Å². The molecule has 0 spiro atoms. The van der Waals surface area contributed by atoms with E-state index in [4.69, 9.17) is 14.1 Å². The first kappa shape index (κ1) is 24.1. The van der Waals surface area contributed by atoms with Gasteiger partial charge in [0.1, 0.15) is 29.2 Å². The van der Waals surface area contributed by atoms with E-state index in [9.17, 15) is 9.18 Å². The van der Waals surface area contributed by atoms with Crippen LogP contribution in [-0.4, -0.2) is 28.6 Å². The number of anilines is 1. The molecule has 2 aromatic carbocycles. The number of nitrogens with zero attached hydrogens (tertiary/aromatic N) is 2. The highest BCUT2D eigenvalue weighted by Crippen LogP contribution is 2.24. The maximum absolute atomic E-state index is 14.5. The minimum Gasteiger partial charge on any atom is -0.466 e. The van der Waals surface area contributed by atoms with Crippen molar-refractivity contribution < 1.29 is 18.3 Å². The number of nitrogens with one attached hydrogen (secondary N) is 1. The molecular formula is C28H28FN3O3. The van der Waals surface area contributed by atoms with Gasteiger partial charge in [-0.15, -0.1) is 0 Å². The van der Waals surface area contributed by atoms with E-state index in [2.05, 4.69) is 10.3 Å². The van der Waals surface area contributed by atoms with E-state index in [-0.39, 0.29) is 25.3 Å². The molecule has 1 N–H and O–H groups in total. The number of aromatic nitrogens is 2. The Kier molecular flexibility index (Phi) is 7.88. The Labute approximate surface area is 204 Å². The van der Waals surface area contributed by atoms with Crippen molar-refractivity contribution in [1.29, 1.82) is 0 Å². The summed E-state index contributed by atoms with van der Waals surface area (Å²) >= 11 is 0. The van der Waals surface area contributed by atoms with Crippen LogP contribution in [0.4, 0.5) is 10.2 Å². The van der Waals surface area contributed by atoms with Gasteiger partial charge in [0.25, 0.3) is 0 Å². The molecule has 0 aliphatic rings. The van der Waals surface area contributed by atoms with E-state index in [1.54, 1.807) is 31.3 Å². The van der Waals surface area contributed by atoms with Gasteiger partial charge in [0.05, 0.1) is 24.2 Å². The fraction of sp³-hybridized carbons (Fsp3) is 0.250. The Bertz CT molecular complexity index is 1270. The van der Waals surface area contributed by atoms with Gasteiger partial charge in [0.15, 0.2) is 0 Å². The smallest absolute Gasteiger partial charge is 0.329 e. The van der Waals surface area contributed by atoms with Gasteiger partial charge in [-0.2, -0.15) is 0 Å². The lowest BCUT2D eigenvalue weighted by Crippen LogP contribution is -2.34. The predicted octanol–water partition coefficient (Wildman–Crippen LogP) is 5.62. The molecule has 0 aliphatic carbocycles. The molecule has 0 amide bonds. The minimum absolute atomic E-state index is 0.207. The second-order valence-corrected chi connectivity index (χ2v) is 8.06. The minimum atomic E-state index is -0.748. The van der Waals surface area contributed by atoms with E-state index < -0.39 is 12.0 Å². The van der Waals surface area contributed by atoms with Gasteiger partial charge < -0.3 is 14.5 Å². The first-order valence-electron chi connectivity index (χ1n) is 11.7. The van der Waals surface area contributed by atoms with Crippen molar-refractivity contribution in [3.63, 3.8) is 0 Å². The largest absolute Gasteiger partial charge is 0.466 e. The number of esters is 1. The lowest BCUT2D eigenvalue weighted by molar-refractivity contribution is -0.144. The van der Waals surface area contributed by atoms with Crippen molar-refractivity contribution in [2.24, 2.45) is 0 Å². The number of carbonyl (C=O) groups excluding carboxylic acids is 1. The molecule has 4 rings (SSSR count). The Morgan fingerprint density at radius 1 is 1.03 bits per heavy atom. The highest BCUT2D eigenvalue weighted by Gasteiger charge is 2.24. The van der Waals surface area contributed by atoms with Crippen molar-refractivity contribution >= 4 is 11.8 Å². The maximum atomic E-state index is 14.5. The number of benzene rings is 2. The molecule has 1 atom stereocenters. The van der Waals surface area contributed by atoms with Crippen LogP contribution >= 0.6 is 0 Å². The number of hydrogen-bond donors (Lipinski definition) is 1. The summed E-state index contributed by atoms with van der Waals surface area (Å²) in [5, 5.41) is 3.20. The third-order valence-electron chi connectivity index (χ3n) is 5.58. The fourth-order valence-electron chi connectivity index (χ4n) is 3.77. The van der Waals surface area contributed by atoms with E-state index >= 15 is 0 Å². The van der Waals surface area contributed by atoms with Crippen LogP contribution in [0.3, 0.4) is 0 Å². The Balaban J connectivity index is 1.69. The van der Waals surface area contributed by atoms with Crippen LogP contribution < -0.4 is 5.32 Å². The van der Waals surface area contributed by atoms with E-state index in [1.807, 2.05) is 49.4 Å². The van der Waals surface area contributed by atoms with Gasteiger partial charge in [0, 0.05) is 24.8 Å². The molecular weight excluding hydrogens is 445 g/mol. The number of carbonyl (C=O) groups is 1. The third-order valence-corrected chi connectivity index (χ3v) is 5.58. The van der Waals surface area contributed by atoms with Crippen molar-refractivity contribution in [3.05, 3.63) is 102 Å². The highest BCUT2D eigenvalue weighted by atomic mass is 19.1. The molecule has 180 valence electrons. The average molecular weight is 474 g/mol. The van der Waals surface area contributed by atoms with Gasteiger partial charge in [-0.25, -0.2) is 19.2 Å². The number of furan rings is 1. The molecule has 4 aromatic rings. The summed E-state index contributed by atoms with van der Waals surface area (Å²) in [5.74, 6) is 1.16. The number of ether oxygens (including phenoxy) is 1. The number of halogens is 1. The van der Waals surface area contributed by atoms with Crippen LogP contribution in [0.2, 0.25) is 0 Å². The lowest BCUT2D eigenvalue weighted by Gasteiger charge is -2.19. The topological polar surface area (TPSA) is 77.2 Å². The molecule has 0 radical (unpaired) electrons. The van der Waals surface area contributed by atoms with E-state index in [0.717, 1.165) is 17.7 Å². The average Bonchev–Trinajstić information content (AvgIpc) is 3.34. The summed E-state index contributed by atoms with van der Waals surface area (Å²) in [6.07, 6.45) is 2.89. The Morgan fingerprint density at radius 3 is 2.49 bits per heavy atom. The Hall–Kier alpha value is -4.00. The standard InChI is InChI=1S/C28H28FN3O3/c1-3-21-14-15-22(35-21)17-25(28(33)34-4-2)32-27-24(16-20-12-8-9-13-23(20)29)31-26(18-30-27)19-10-6-5-7-11-19/h5-15,18,25H,3-4,16-17H2,1-2H3,(H,30,32). The summed E-state index contributed by atoms with van der Waals surface area (Å²) in [6, 6.07) is 19.2. The summed E-state index contributed by atoms with van der Waals surface area (Å²) in [4.78, 5) is 22.2. The summed E-state index contributed by atoms with van der Waals surface area (Å²) in [6.45, 7) is 4.01. The first-order valence-corrected chi connectivity index (χ1v) is 11.7. The van der Waals surface area contributed by atoms with Crippen LogP contribution in [0.5, 0.6) is 0 Å². The van der Waals surface area contributed by atoms with Gasteiger partial charge >= 0.3 is 5.97 Å². The maximum Gasteiger partial charge on any atom is 0.329 e. The van der Waals surface area contributed by atoms with Gasteiger partial charge in [-0.3, -0.25) is 0 Å². The zero-order valence-corrected chi connectivity index (χ0v) is 19.8.